The molecule has 1 aliphatic carbocycles. The zero-order chi connectivity index (χ0) is 13.0. The molecule has 2 unspecified atom stereocenters. The van der Waals surface area contributed by atoms with Crippen LogP contribution in [0.2, 0.25) is 0 Å². The molecule has 1 aromatic rings. The van der Waals surface area contributed by atoms with Crippen molar-refractivity contribution in [1.29, 1.82) is 0 Å². The Hall–Kier alpha value is -1.45. The number of pyridine rings is 1. The number of aromatic nitrogens is 1. The maximum absolute atomic E-state index is 5.85. The average molecular weight is 249 g/mol. The lowest BCUT2D eigenvalue weighted by molar-refractivity contribution is 0.307. The van der Waals surface area contributed by atoms with Gasteiger partial charge in [0.15, 0.2) is 0 Å². The van der Waals surface area contributed by atoms with Crippen LogP contribution in [0.1, 0.15) is 39.5 Å². The third kappa shape index (κ3) is 3.28. The standard InChI is InChI=1S/C14H23N3O/c1-3-8-18-14-12(15)6-7-13(17-14)16-11-5-4-10(2)9-11/h6-7,10-11H,3-5,8-9,15H2,1-2H3,(H,16,17). The van der Waals surface area contributed by atoms with Gasteiger partial charge in [-0.25, -0.2) is 0 Å². The van der Waals surface area contributed by atoms with Crippen molar-refractivity contribution in [2.45, 2.75) is 45.6 Å². The summed E-state index contributed by atoms with van der Waals surface area (Å²) in [5.41, 5.74) is 6.45. The minimum atomic E-state index is 0.537. The Morgan fingerprint density at radius 2 is 2.28 bits per heavy atom. The van der Waals surface area contributed by atoms with E-state index in [0.29, 0.717) is 24.2 Å². The predicted octanol–water partition coefficient (Wildman–Crippen LogP) is 3.05. The molecule has 1 heterocycles. The van der Waals surface area contributed by atoms with E-state index in [1.165, 1.54) is 19.3 Å². The first-order chi connectivity index (χ1) is 8.69. The van der Waals surface area contributed by atoms with Gasteiger partial charge in [-0.3, -0.25) is 0 Å². The molecule has 0 aliphatic heterocycles. The molecule has 2 rings (SSSR count). The molecule has 1 aromatic heterocycles. The van der Waals surface area contributed by atoms with Crippen LogP contribution in [-0.2, 0) is 0 Å². The number of hydrogen-bond acceptors (Lipinski definition) is 4. The molecule has 1 saturated carbocycles. The van der Waals surface area contributed by atoms with Gasteiger partial charge in [-0.2, -0.15) is 4.98 Å². The molecule has 2 atom stereocenters. The topological polar surface area (TPSA) is 60.2 Å². The number of hydrogen-bond donors (Lipinski definition) is 2. The average Bonchev–Trinajstić information content (AvgIpc) is 2.75. The first-order valence-corrected chi connectivity index (χ1v) is 6.85. The van der Waals surface area contributed by atoms with Crippen LogP contribution in [0.5, 0.6) is 5.88 Å². The summed E-state index contributed by atoms with van der Waals surface area (Å²) in [5, 5.41) is 3.47. The minimum Gasteiger partial charge on any atom is -0.476 e. The predicted molar refractivity (Wildman–Crippen MR) is 74.9 cm³/mol. The maximum atomic E-state index is 5.85. The van der Waals surface area contributed by atoms with Crippen molar-refractivity contribution in [1.82, 2.24) is 4.98 Å². The van der Waals surface area contributed by atoms with Gasteiger partial charge in [0.05, 0.1) is 12.3 Å². The van der Waals surface area contributed by atoms with Crippen LogP contribution in [-0.4, -0.2) is 17.6 Å². The van der Waals surface area contributed by atoms with Crippen LogP contribution >= 0.6 is 0 Å². The quantitative estimate of drug-likeness (QED) is 0.842. The van der Waals surface area contributed by atoms with Gasteiger partial charge in [-0.15, -0.1) is 0 Å². The molecular formula is C14H23N3O. The summed E-state index contributed by atoms with van der Waals surface area (Å²) >= 11 is 0. The van der Waals surface area contributed by atoms with Crippen LogP contribution in [0.4, 0.5) is 11.5 Å². The summed E-state index contributed by atoms with van der Waals surface area (Å²) in [6.45, 7) is 5.02. The number of anilines is 2. The maximum Gasteiger partial charge on any atom is 0.239 e. The van der Waals surface area contributed by atoms with E-state index < -0.39 is 0 Å². The number of rotatable bonds is 5. The van der Waals surface area contributed by atoms with Crippen LogP contribution < -0.4 is 15.8 Å². The van der Waals surface area contributed by atoms with Crippen LogP contribution in [0.3, 0.4) is 0 Å². The molecule has 1 aliphatic rings. The fourth-order valence-corrected chi connectivity index (χ4v) is 2.39. The van der Waals surface area contributed by atoms with Crippen molar-refractivity contribution >= 4 is 11.5 Å². The number of nitrogen functional groups attached to an aromatic ring is 1. The summed E-state index contributed by atoms with van der Waals surface area (Å²) in [5.74, 6) is 2.23. The highest BCUT2D eigenvalue weighted by Crippen LogP contribution is 2.28. The molecule has 100 valence electrons. The molecule has 0 radical (unpaired) electrons. The van der Waals surface area contributed by atoms with Gasteiger partial charge in [0.1, 0.15) is 5.82 Å². The lowest BCUT2D eigenvalue weighted by Crippen LogP contribution is -2.16. The number of nitrogens with zero attached hydrogens (tertiary/aromatic N) is 1. The molecule has 0 aromatic carbocycles. The van der Waals surface area contributed by atoms with E-state index in [9.17, 15) is 0 Å². The Labute approximate surface area is 109 Å². The van der Waals surface area contributed by atoms with E-state index in [2.05, 4.69) is 24.1 Å². The van der Waals surface area contributed by atoms with Crippen molar-refractivity contribution in [2.24, 2.45) is 5.92 Å². The Morgan fingerprint density at radius 3 is 2.94 bits per heavy atom. The van der Waals surface area contributed by atoms with Crippen molar-refractivity contribution in [2.75, 3.05) is 17.7 Å². The molecule has 0 saturated heterocycles. The Bertz CT molecular complexity index is 395. The molecule has 0 spiro atoms. The zero-order valence-corrected chi connectivity index (χ0v) is 11.3. The van der Waals surface area contributed by atoms with Gasteiger partial charge in [0, 0.05) is 6.04 Å². The van der Waals surface area contributed by atoms with Crippen LogP contribution in [0, 0.1) is 5.92 Å². The van der Waals surface area contributed by atoms with Gasteiger partial charge >= 0.3 is 0 Å². The largest absolute Gasteiger partial charge is 0.476 e. The van der Waals surface area contributed by atoms with Gasteiger partial charge in [-0.1, -0.05) is 13.8 Å². The van der Waals surface area contributed by atoms with E-state index in [0.717, 1.165) is 18.2 Å². The van der Waals surface area contributed by atoms with E-state index in [1.54, 1.807) is 0 Å². The lowest BCUT2D eigenvalue weighted by atomic mass is 10.1. The number of nitrogens with one attached hydrogen (secondary N) is 1. The normalized spacial score (nSPS) is 23.0. The Kier molecular flexibility index (Phi) is 4.28. The second-order valence-corrected chi connectivity index (χ2v) is 5.20. The molecule has 4 nitrogen and oxygen atoms in total. The molecule has 18 heavy (non-hydrogen) atoms. The zero-order valence-electron chi connectivity index (χ0n) is 11.3. The molecular weight excluding hydrogens is 226 g/mol. The number of ether oxygens (including phenoxy) is 1. The van der Waals surface area contributed by atoms with Crippen LogP contribution in [0.25, 0.3) is 0 Å². The van der Waals surface area contributed by atoms with Gasteiger partial charge in [-0.05, 0) is 43.7 Å². The van der Waals surface area contributed by atoms with Gasteiger partial charge in [0.2, 0.25) is 5.88 Å². The molecule has 4 heteroatoms. The second-order valence-electron chi connectivity index (χ2n) is 5.20. The second kappa shape index (κ2) is 5.94. The lowest BCUT2D eigenvalue weighted by Gasteiger charge is -2.15. The Balaban J connectivity index is 2.00. The van der Waals surface area contributed by atoms with Crippen molar-refractivity contribution in [3.05, 3.63) is 12.1 Å². The molecule has 0 bridgehead atoms. The summed E-state index contributed by atoms with van der Waals surface area (Å²) in [7, 11) is 0. The van der Waals surface area contributed by atoms with Gasteiger partial charge in [0.25, 0.3) is 0 Å². The first kappa shape index (κ1) is 13.0. The van der Waals surface area contributed by atoms with E-state index in [4.69, 9.17) is 10.5 Å². The Morgan fingerprint density at radius 1 is 1.44 bits per heavy atom. The fraction of sp³-hybridized carbons (Fsp3) is 0.643. The third-order valence-electron chi connectivity index (χ3n) is 3.38. The SMILES string of the molecule is CCCOc1nc(NC2CCC(C)C2)ccc1N. The molecule has 0 amide bonds. The van der Waals surface area contributed by atoms with E-state index >= 15 is 0 Å². The highest BCUT2D eigenvalue weighted by atomic mass is 16.5. The third-order valence-corrected chi connectivity index (χ3v) is 3.38. The summed E-state index contributed by atoms with van der Waals surface area (Å²) < 4.78 is 5.54. The highest BCUT2D eigenvalue weighted by molar-refractivity contribution is 5.53. The monoisotopic (exact) mass is 249 g/mol. The highest BCUT2D eigenvalue weighted by Gasteiger charge is 2.21. The van der Waals surface area contributed by atoms with Crippen molar-refractivity contribution < 1.29 is 4.74 Å². The summed E-state index contributed by atoms with van der Waals surface area (Å²) in [4.78, 5) is 4.44. The van der Waals surface area contributed by atoms with Gasteiger partial charge < -0.3 is 15.8 Å². The molecule has 3 N–H and O–H groups in total. The van der Waals surface area contributed by atoms with E-state index in [-0.39, 0.29) is 0 Å². The van der Waals surface area contributed by atoms with Crippen molar-refractivity contribution in [3.8, 4) is 5.88 Å². The fourth-order valence-electron chi connectivity index (χ4n) is 2.39. The molecule has 1 fully saturated rings. The smallest absolute Gasteiger partial charge is 0.239 e. The summed E-state index contributed by atoms with van der Waals surface area (Å²) in [6, 6.07) is 4.32. The van der Waals surface area contributed by atoms with E-state index in [1.807, 2.05) is 12.1 Å². The summed E-state index contributed by atoms with van der Waals surface area (Å²) in [6.07, 6.45) is 4.69. The van der Waals surface area contributed by atoms with Crippen molar-refractivity contribution in [3.63, 3.8) is 0 Å². The van der Waals surface area contributed by atoms with Crippen LogP contribution in [0.15, 0.2) is 12.1 Å². The number of nitrogens with two attached hydrogens (primary N) is 1. The first-order valence-electron chi connectivity index (χ1n) is 6.85. The minimum absolute atomic E-state index is 0.537.